The summed E-state index contributed by atoms with van der Waals surface area (Å²) in [6.07, 6.45) is 1.91. The van der Waals surface area contributed by atoms with Crippen molar-refractivity contribution >= 4 is 33.8 Å². The second-order valence-electron chi connectivity index (χ2n) is 6.26. The smallest absolute Gasteiger partial charge is 0.128 e. The van der Waals surface area contributed by atoms with Gasteiger partial charge in [0.1, 0.15) is 16.8 Å². The van der Waals surface area contributed by atoms with Crippen molar-refractivity contribution in [3.05, 3.63) is 54.0 Å². The molecule has 0 amide bonds. The van der Waals surface area contributed by atoms with Crippen LogP contribution in [0, 0.1) is 5.82 Å². The van der Waals surface area contributed by atoms with E-state index < -0.39 is 11.0 Å². The Balaban J connectivity index is 1.69. The number of hydrogen-bond acceptors (Lipinski definition) is 3. The van der Waals surface area contributed by atoms with Crippen LogP contribution in [0.2, 0.25) is 0 Å². The van der Waals surface area contributed by atoms with Crippen molar-refractivity contribution in [2.45, 2.75) is 17.9 Å². The zero-order valence-electron chi connectivity index (χ0n) is 14.6. The van der Waals surface area contributed by atoms with E-state index >= 15 is 0 Å². The zero-order chi connectivity index (χ0) is 18.3. The second kappa shape index (κ2) is 7.15. The molecule has 4 rings (SSSR count). The van der Waals surface area contributed by atoms with E-state index in [1.54, 1.807) is 18.0 Å². The van der Waals surface area contributed by atoms with E-state index in [1.807, 2.05) is 29.7 Å². The van der Waals surface area contributed by atoms with Crippen molar-refractivity contribution in [1.29, 1.82) is 0 Å². The van der Waals surface area contributed by atoms with Gasteiger partial charge in [-0.25, -0.2) is 12.9 Å². The van der Waals surface area contributed by atoms with E-state index in [9.17, 15) is 8.60 Å². The maximum Gasteiger partial charge on any atom is 0.128 e. The van der Waals surface area contributed by atoms with E-state index in [4.69, 9.17) is 0 Å². The number of aromatic amines is 1. The monoisotopic (exact) mass is 389 g/mol. The molecule has 0 aliphatic carbocycles. The zero-order valence-corrected chi connectivity index (χ0v) is 16.2. The molecule has 0 saturated heterocycles. The predicted octanol–water partition coefficient (Wildman–Crippen LogP) is 4.24. The summed E-state index contributed by atoms with van der Waals surface area (Å²) in [5.41, 5.74) is 3.97. The Morgan fingerprint density at radius 3 is 2.96 bits per heavy atom. The number of benzene rings is 2. The minimum atomic E-state index is -1.12. The number of halogens is 1. The van der Waals surface area contributed by atoms with E-state index in [0.29, 0.717) is 0 Å². The average molecular weight is 390 g/mol. The van der Waals surface area contributed by atoms with Gasteiger partial charge in [0, 0.05) is 41.0 Å². The molecular weight excluding hydrogens is 369 g/mol. The summed E-state index contributed by atoms with van der Waals surface area (Å²) >= 11 is 1.62. The lowest BCUT2D eigenvalue weighted by Crippen LogP contribution is -2.25. The van der Waals surface area contributed by atoms with Crippen molar-refractivity contribution in [3.63, 3.8) is 0 Å². The highest BCUT2D eigenvalue weighted by atomic mass is 32.2. The normalized spacial score (nSPS) is 20.0. The molecule has 0 saturated carbocycles. The average Bonchev–Trinajstić information content (AvgIpc) is 3.16. The predicted molar refractivity (Wildman–Crippen MR) is 107 cm³/mol. The summed E-state index contributed by atoms with van der Waals surface area (Å²) in [6.45, 7) is 2.86. The first kappa shape index (κ1) is 17.7. The molecule has 1 aliphatic rings. The van der Waals surface area contributed by atoms with Crippen LogP contribution in [0.1, 0.15) is 18.5 Å². The van der Waals surface area contributed by atoms with Crippen LogP contribution in [0.3, 0.4) is 0 Å². The first-order valence-electron chi connectivity index (χ1n) is 8.48. The molecule has 1 aliphatic heterocycles. The Bertz CT molecular complexity index is 988. The quantitative estimate of drug-likeness (QED) is 0.507. The molecule has 2 N–H and O–H groups in total. The molecule has 4 nitrogen and oxygen atoms in total. The molecule has 2 atom stereocenters. The number of nitrogens with one attached hydrogen (secondary N) is 2. The number of nitrogens with zero attached hydrogens (tertiary/aromatic N) is 1. The lowest BCUT2D eigenvalue weighted by atomic mass is 9.99. The van der Waals surface area contributed by atoms with E-state index in [1.165, 1.54) is 12.1 Å². The first-order chi connectivity index (χ1) is 12.6. The van der Waals surface area contributed by atoms with Crippen molar-refractivity contribution in [2.24, 2.45) is 0 Å². The summed E-state index contributed by atoms with van der Waals surface area (Å²) in [5.74, 6) is 0.625. The Labute approximate surface area is 158 Å². The fourth-order valence-electron chi connectivity index (χ4n) is 3.48. The SMILES string of the molecule is CNSCCN1C(C)c2cc(-c3c[nH]c4cc(F)ccc34)ccc2S1=O. The van der Waals surface area contributed by atoms with Gasteiger partial charge in [-0.3, -0.25) is 4.72 Å². The first-order valence-corrected chi connectivity index (χ1v) is 10.6. The van der Waals surface area contributed by atoms with Crippen molar-refractivity contribution in [2.75, 3.05) is 19.3 Å². The van der Waals surface area contributed by atoms with Gasteiger partial charge < -0.3 is 4.98 Å². The maximum absolute atomic E-state index is 13.4. The molecule has 3 aromatic rings. The fraction of sp³-hybridized carbons (Fsp3) is 0.263. The Kier molecular flexibility index (Phi) is 4.88. The van der Waals surface area contributed by atoms with Gasteiger partial charge in [0.05, 0.1) is 4.90 Å². The maximum atomic E-state index is 13.4. The number of aromatic nitrogens is 1. The van der Waals surface area contributed by atoms with Crippen LogP contribution < -0.4 is 4.72 Å². The molecule has 2 unspecified atom stereocenters. The van der Waals surface area contributed by atoms with Crippen LogP contribution in [-0.2, 0) is 11.0 Å². The van der Waals surface area contributed by atoms with Crippen LogP contribution in [0.15, 0.2) is 47.5 Å². The summed E-state index contributed by atoms with van der Waals surface area (Å²) < 4.78 is 31.3. The third kappa shape index (κ3) is 2.99. The molecule has 0 spiro atoms. The molecule has 2 heterocycles. The van der Waals surface area contributed by atoms with Gasteiger partial charge in [0.25, 0.3) is 0 Å². The molecule has 0 bridgehead atoms. The van der Waals surface area contributed by atoms with Crippen LogP contribution in [0.5, 0.6) is 0 Å². The van der Waals surface area contributed by atoms with Crippen LogP contribution in [0.25, 0.3) is 22.0 Å². The standard InChI is InChI=1S/C19H20FN3OS2/c1-12-16-9-13(17-11-22-18-10-14(20)4-5-15(17)18)3-6-19(16)26(24)23(12)7-8-25-21-2/h3-6,9-12,21-22H,7-8H2,1-2H3. The molecule has 2 aromatic carbocycles. The Hall–Kier alpha value is -1.67. The van der Waals surface area contributed by atoms with Crippen LogP contribution in [-0.4, -0.2) is 32.8 Å². The van der Waals surface area contributed by atoms with E-state index in [2.05, 4.69) is 22.7 Å². The van der Waals surface area contributed by atoms with Gasteiger partial charge in [0.15, 0.2) is 0 Å². The topological polar surface area (TPSA) is 48.1 Å². The number of rotatable bonds is 5. The highest BCUT2D eigenvalue weighted by Gasteiger charge is 2.33. The molecule has 0 radical (unpaired) electrons. The minimum Gasteiger partial charge on any atom is -0.360 e. The molecule has 26 heavy (non-hydrogen) atoms. The van der Waals surface area contributed by atoms with E-state index in [0.717, 1.165) is 44.8 Å². The molecule has 0 fully saturated rings. The number of hydrogen-bond donors (Lipinski definition) is 2. The van der Waals surface area contributed by atoms with Gasteiger partial charge in [-0.05, 0) is 55.4 Å². The summed E-state index contributed by atoms with van der Waals surface area (Å²) in [4.78, 5) is 4.03. The highest BCUT2D eigenvalue weighted by molar-refractivity contribution is 7.97. The van der Waals surface area contributed by atoms with Gasteiger partial charge in [-0.1, -0.05) is 18.0 Å². The van der Waals surface area contributed by atoms with Crippen LogP contribution in [0.4, 0.5) is 4.39 Å². The van der Waals surface area contributed by atoms with Gasteiger partial charge in [0.2, 0.25) is 0 Å². The summed E-state index contributed by atoms with van der Waals surface area (Å²) in [7, 11) is 0.772. The van der Waals surface area contributed by atoms with Gasteiger partial charge >= 0.3 is 0 Å². The third-order valence-corrected chi connectivity index (χ3v) is 7.15. The number of fused-ring (bicyclic) bond motifs is 2. The van der Waals surface area contributed by atoms with Crippen molar-refractivity contribution in [3.8, 4) is 11.1 Å². The largest absolute Gasteiger partial charge is 0.360 e. The lowest BCUT2D eigenvalue weighted by Gasteiger charge is -2.19. The molecule has 7 heteroatoms. The second-order valence-corrected chi connectivity index (χ2v) is 8.78. The van der Waals surface area contributed by atoms with Gasteiger partial charge in [-0.2, -0.15) is 0 Å². The van der Waals surface area contributed by atoms with Gasteiger partial charge in [-0.15, -0.1) is 0 Å². The van der Waals surface area contributed by atoms with E-state index in [-0.39, 0.29) is 11.9 Å². The summed E-state index contributed by atoms with van der Waals surface area (Å²) in [5, 5.41) is 0.986. The van der Waals surface area contributed by atoms with Crippen molar-refractivity contribution in [1.82, 2.24) is 14.0 Å². The third-order valence-electron chi connectivity index (χ3n) is 4.81. The highest BCUT2D eigenvalue weighted by Crippen LogP contribution is 2.40. The number of H-pyrrole nitrogens is 1. The molecule has 1 aromatic heterocycles. The Morgan fingerprint density at radius 2 is 2.15 bits per heavy atom. The lowest BCUT2D eigenvalue weighted by molar-refractivity contribution is 0.400. The van der Waals surface area contributed by atoms with Crippen LogP contribution >= 0.6 is 11.9 Å². The fourth-order valence-corrected chi connectivity index (χ4v) is 5.61. The summed E-state index contributed by atoms with van der Waals surface area (Å²) in [6, 6.07) is 11.0. The molecular formula is C19H20FN3OS2. The minimum absolute atomic E-state index is 0.103. The van der Waals surface area contributed by atoms with Crippen molar-refractivity contribution < 1.29 is 8.60 Å². The molecule has 136 valence electrons. The Morgan fingerprint density at radius 1 is 1.31 bits per heavy atom.